The Morgan fingerprint density at radius 2 is 2.21 bits per heavy atom. The smallest absolute Gasteiger partial charge is 0.0588 e. The normalized spacial score (nSPS) is 37.1. The first kappa shape index (κ1) is 10.4. The third-order valence-corrected chi connectivity index (χ3v) is 4.30. The Labute approximate surface area is 87.4 Å². The van der Waals surface area contributed by atoms with Crippen molar-refractivity contribution < 1.29 is 4.74 Å². The molecule has 1 aliphatic carbocycles. The predicted octanol–water partition coefficient (Wildman–Crippen LogP) is 2.19. The van der Waals surface area contributed by atoms with Crippen LogP contribution in [-0.2, 0) is 4.74 Å². The summed E-state index contributed by atoms with van der Waals surface area (Å²) in [5.74, 6) is 0.736. The molecule has 0 aromatic carbocycles. The second-order valence-electron chi connectivity index (χ2n) is 5.41. The molecule has 0 radical (unpaired) electrons. The Hall–Kier alpha value is -0.0800. The summed E-state index contributed by atoms with van der Waals surface area (Å²) in [6.07, 6.45) is 4.50. The molecular weight excluding hydrogens is 174 g/mol. The highest BCUT2D eigenvalue weighted by Gasteiger charge is 2.42. The first-order valence-corrected chi connectivity index (χ1v) is 5.97. The van der Waals surface area contributed by atoms with E-state index in [0.717, 1.165) is 19.1 Å². The van der Waals surface area contributed by atoms with Gasteiger partial charge in [0.25, 0.3) is 0 Å². The van der Waals surface area contributed by atoms with E-state index < -0.39 is 0 Å². The summed E-state index contributed by atoms with van der Waals surface area (Å²) in [5.41, 5.74) is 0.600. The van der Waals surface area contributed by atoms with Crippen LogP contribution in [-0.4, -0.2) is 25.3 Å². The van der Waals surface area contributed by atoms with E-state index in [9.17, 15) is 0 Å². The van der Waals surface area contributed by atoms with E-state index in [2.05, 4.69) is 26.1 Å². The highest BCUT2D eigenvalue weighted by atomic mass is 16.5. The molecule has 3 atom stereocenters. The second-order valence-corrected chi connectivity index (χ2v) is 5.41. The van der Waals surface area contributed by atoms with Crippen LogP contribution in [0.15, 0.2) is 0 Å². The van der Waals surface area contributed by atoms with Crippen LogP contribution in [0, 0.1) is 11.3 Å². The van der Waals surface area contributed by atoms with Gasteiger partial charge < -0.3 is 10.1 Å². The van der Waals surface area contributed by atoms with E-state index in [1.54, 1.807) is 0 Å². The summed E-state index contributed by atoms with van der Waals surface area (Å²) in [6.45, 7) is 9.01. The Bertz CT molecular complexity index is 198. The van der Waals surface area contributed by atoms with Crippen LogP contribution in [0.1, 0.15) is 40.0 Å². The lowest BCUT2D eigenvalue weighted by Crippen LogP contribution is -2.38. The number of rotatable bonds is 4. The van der Waals surface area contributed by atoms with E-state index in [-0.39, 0.29) is 0 Å². The molecule has 1 aliphatic heterocycles. The van der Waals surface area contributed by atoms with Crippen molar-refractivity contribution in [3.05, 3.63) is 0 Å². The van der Waals surface area contributed by atoms with Crippen LogP contribution in [0.2, 0.25) is 0 Å². The minimum Gasteiger partial charge on any atom is -0.378 e. The molecule has 0 spiro atoms. The van der Waals surface area contributed by atoms with E-state index >= 15 is 0 Å². The maximum absolute atomic E-state index is 5.56. The SMILES string of the molecule is CC1OCCC1CNC(C)C1(C)CC1. The summed E-state index contributed by atoms with van der Waals surface area (Å²) in [4.78, 5) is 0. The van der Waals surface area contributed by atoms with Gasteiger partial charge in [-0.3, -0.25) is 0 Å². The van der Waals surface area contributed by atoms with E-state index in [1.807, 2.05) is 0 Å². The van der Waals surface area contributed by atoms with Gasteiger partial charge in [-0.1, -0.05) is 6.92 Å². The van der Waals surface area contributed by atoms with Crippen molar-refractivity contribution in [3.8, 4) is 0 Å². The molecule has 2 rings (SSSR count). The lowest BCUT2D eigenvalue weighted by molar-refractivity contribution is 0.104. The Kier molecular flexibility index (Phi) is 2.85. The lowest BCUT2D eigenvalue weighted by Gasteiger charge is -2.23. The number of hydrogen-bond donors (Lipinski definition) is 1. The topological polar surface area (TPSA) is 21.3 Å². The molecule has 0 bridgehead atoms. The molecule has 2 nitrogen and oxygen atoms in total. The zero-order valence-electron chi connectivity index (χ0n) is 9.68. The van der Waals surface area contributed by atoms with E-state index in [1.165, 1.54) is 19.3 Å². The zero-order valence-corrected chi connectivity index (χ0v) is 9.68. The van der Waals surface area contributed by atoms with Gasteiger partial charge in [0.2, 0.25) is 0 Å². The van der Waals surface area contributed by atoms with Crippen molar-refractivity contribution in [3.63, 3.8) is 0 Å². The van der Waals surface area contributed by atoms with Gasteiger partial charge in [-0.05, 0) is 44.4 Å². The van der Waals surface area contributed by atoms with Gasteiger partial charge in [0.15, 0.2) is 0 Å². The van der Waals surface area contributed by atoms with Crippen LogP contribution in [0.3, 0.4) is 0 Å². The third kappa shape index (κ3) is 2.12. The Morgan fingerprint density at radius 1 is 1.50 bits per heavy atom. The summed E-state index contributed by atoms with van der Waals surface area (Å²) >= 11 is 0. The van der Waals surface area contributed by atoms with Gasteiger partial charge in [0.05, 0.1) is 6.10 Å². The van der Waals surface area contributed by atoms with Crippen molar-refractivity contribution in [2.45, 2.75) is 52.2 Å². The lowest BCUT2D eigenvalue weighted by atomic mass is 9.98. The fourth-order valence-corrected chi connectivity index (χ4v) is 2.25. The standard InChI is InChI=1S/C12H23NO/c1-9-11(4-7-14-9)8-13-10(2)12(3)5-6-12/h9-11,13H,4-8H2,1-3H3. The van der Waals surface area contributed by atoms with Crippen LogP contribution >= 0.6 is 0 Å². The molecule has 0 amide bonds. The molecule has 1 saturated heterocycles. The van der Waals surface area contributed by atoms with Crippen LogP contribution in [0.4, 0.5) is 0 Å². The predicted molar refractivity (Wildman–Crippen MR) is 58.3 cm³/mol. The average molecular weight is 197 g/mol. The Balaban J connectivity index is 1.71. The van der Waals surface area contributed by atoms with Gasteiger partial charge >= 0.3 is 0 Å². The van der Waals surface area contributed by atoms with Crippen LogP contribution in [0.5, 0.6) is 0 Å². The molecule has 1 heterocycles. The van der Waals surface area contributed by atoms with E-state index in [4.69, 9.17) is 4.74 Å². The highest BCUT2D eigenvalue weighted by molar-refractivity contribution is 4.96. The van der Waals surface area contributed by atoms with Crippen molar-refractivity contribution in [1.29, 1.82) is 0 Å². The van der Waals surface area contributed by atoms with Gasteiger partial charge in [0, 0.05) is 19.2 Å². The molecule has 0 aromatic rings. The number of hydrogen-bond acceptors (Lipinski definition) is 2. The first-order chi connectivity index (χ1) is 6.62. The number of nitrogens with one attached hydrogen (secondary N) is 1. The largest absolute Gasteiger partial charge is 0.378 e. The second kappa shape index (κ2) is 3.82. The highest BCUT2D eigenvalue weighted by Crippen LogP contribution is 2.47. The molecule has 3 unspecified atom stereocenters. The van der Waals surface area contributed by atoms with Gasteiger partial charge in [-0.25, -0.2) is 0 Å². The van der Waals surface area contributed by atoms with Gasteiger partial charge in [0.1, 0.15) is 0 Å². The maximum Gasteiger partial charge on any atom is 0.0588 e. The maximum atomic E-state index is 5.56. The quantitative estimate of drug-likeness (QED) is 0.746. The van der Waals surface area contributed by atoms with Gasteiger partial charge in [-0.15, -0.1) is 0 Å². The average Bonchev–Trinajstić information content (AvgIpc) is 2.77. The zero-order chi connectivity index (χ0) is 10.2. The molecule has 2 fully saturated rings. The first-order valence-electron chi connectivity index (χ1n) is 5.97. The molecule has 1 saturated carbocycles. The van der Waals surface area contributed by atoms with Crippen LogP contribution < -0.4 is 5.32 Å². The van der Waals surface area contributed by atoms with E-state index in [0.29, 0.717) is 17.6 Å². The molecule has 14 heavy (non-hydrogen) atoms. The molecule has 2 aliphatic rings. The Morgan fingerprint density at radius 3 is 2.71 bits per heavy atom. The van der Waals surface area contributed by atoms with Crippen molar-refractivity contribution in [1.82, 2.24) is 5.32 Å². The summed E-state index contributed by atoms with van der Waals surface area (Å²) in [7, 11) is 0. The minimum absolute atomic E-state index is 0.460. The molecule has 1 N–H and O–H groups in total. The van der Waals surface area contributed by atoms with Crippen LogP contribution in [0.25, 0.3) is 0 Å². The summed E-state index contributed by atoms with van der Waals surface area (Å²) in [6, 6.07) is 0.676. The molecule has 82 valence electrons. The molecule has 0 aromatic heterocycles. The summed E-state index contributed by atoms with van der Waals surface area (Å²) in [5, 5.41) is 3.68. The third-order valence-electron chi connectivity index (χ3n) is 4.30. The monoisotopic (exact) mass is 197 g/mol. The van der Waals surface area contributed by atoms with Crippen molar-refractivity contribution in [2.24, 2.45) is 11.3 Å². The summed E-state index contributed by atoms with van der Waals surface area (Å²) < 4.78 is 5.56. The molecular formula is C12H23NO. The molecule has 2 heteroatoms. The number of ether oxygens (including phenoxy) is 1. The van der Waals surface area contributed by atoms with Crippen molar-refractivity contribution >= 4 is 0 Å². The minimum atomic E-state index is 0.460. The van der Waals surface area contributed by atoms with Gasteiger partial charge in [-0.2, -0.15) is 0 Å². The van der Waals surface area contributed by atoms with Crippen molar-refractivity contribution in [2.75, 3.05) is 13.2 Å². The fourth-order valence-electron chi connectivity index (χ4n) is 2.25. The fraction of sp³-hybridized carbons (Fsp3) is 1.00.